The highest BCUT2D eigenvalue weighted by Gasteiger charge is 2.15. The molecule has 2 aromatic carbocycles. The molecular weight excluding hydrogens is 398 g/mol. The number of rotatable bonds is 2. The molecule has 5 aromatic rings. The second-order valence-electron chi connectivity index (χ2n) is 5.52. The van der Waals surface area contributed by atoms with E-state index in [2.05, 4.69) is 31.2 Å². The van der Waals surface area contributed by atoms with Gasteiger partial charge in [-0.2, -0.15) is 9.61 Å². The molecule has 5 nitrogen and oxygen atoms in total. The summed E-state index contributed by atoms with van der Waals surface area (Å²) >= 11 is 4.96. The summed E-state index contributed by atoms with van der Waals surface area (Å²) in [6.07, 6.45) is 0. The van der Waals surface area contributed by atoms with Gasteiger partial charge in [-0.15, -0.1) is 10.2 Å². The van der Waals surface area contributed by atoms with E-state index in [4.69, 9.17) is 4.98 Å². The molecule has 7 heteroatoms. The highest BCUT2D eigenvalue weighted by Crippen LogP contribution is 2.28. The van der Waals surface area contributed by atoms with Crippen molar-refractivity contribution in [1.82, 2.24) is 24.8 Å². The van der Waals surface area contributed by atoms with Crippen LogP contribution in [0.2, 0.25) is 0 Å². The molecule has 5 rings (SSSR count). The van der Waals surface area contributed by atoms with Gasteiger partial charge in [0, 0.05) is 15.4 Å². The Hall–Kier alpha value is -2.64. The Balaban J connectivity index is 1.64. The molecule has 0 atom stereocenters. The van der Waals surface area contributed by atoms with Crippen molar-refractivity contribution >= 4 is 43.1 Å². The first kappa shape index (κ1) is 14.7. The van der Waals surface area contributed by atoms with Crippen LogP contribution in [0.15, 0.2) is 65.1 Å². The first-order valence-corrected chi connectivity index (χ1v) is 9.23. The van der Waals surface area contributed by atoms with Crippen LogP contribution in [-0.2, 0) is 0 Å². The number of pyridine rings is 1. The van der Waals surface area contributed by atoms with E-state index in [0.717, 1.165) is 36.6 Å². The van der Waals surface area contributed by atoms with Crippen molar-refractivity contribution in [3.63, 3.8) is 0 Å². The zero-order valence-electron chi connectivity index (χ0n) is 12.8. The van der Waals surface area contributed by atoms with Gasteiger partial charge in [-0.3, -0.25) is 0 Å². The fourth-order valence-electron chi connectivity index (χ4n) is 2.68. The quantitative estimate of drug-likeness (QED) is 0.420. The van der Waals surface area contributed by atoms with Crippen molar-refractivity contribution in [3.05, 3.63) is 65.1 Å². The zero-order valence-corrected chi connectivity index (χ0v) is 15.2. The van der Waals surface area contributed by atoms with E-state index in [1.165, 1.54) is 11.3 Å². The maximum absolute atomic E-state index is 4.70. The van der Waals surface area contributed by atoms with Gasteiger partial charge in [-0.25, -0.2) is 4.98 Å². The lowest BCUT2D eigenvalue weighted by atomic mass is 10.2. The molecular formula is C18H10BrN5S. The lowest BCUT2D eigenvalue weighted by Crippen LogP contribution is -1.93. The van der Waals surface area contributed by atoms with Crippen molar-refractivity contribution in [3.8, 4) is 22.1 Å². The molecule has 0 spiro atoms. The van der Waals surface area contributed by atoms with Crippen molar-refractivity contribution in [2.45, 2.75) is 0 Å². The monoisotopic (exact) mass is 407 g/mol. The van der Waals surface area contributed by atoms with E-state index in [-0.39, 0.29) is 0 Å². The summed E-state index contributed by atoms with van der Waals surface area (Å²) in [5.74, 6) is 0.653. The Kier molecular flexibility index (Phi) is 3.36. The SMILES string of the molecule is Brc1ccc(-c2nn3c(-c4ccc5ccccc5n4)nnc3s2)cc1. The number of para-hydroxylation sites is 1. The lowest BCUT2D eigenvalue weighted by molar-refractivity contribution is 0.963. The van der Waals surface area contributed by atoms with E-state index < -0.39 is 0 Å². The molecule has 0 saturated heterocycles. The number of aromatic nitrogens is 5. The normalized spacial score (nSPS) is 11.4. The predicted molar refractivity (Wildman–Crippen MR) is 103 cm³/mol. The van der Waals surface area contributed by atoms with Gasteiger partial charge in [0.2, 0.25) is 10.8 Å². The summed E-state index contributed by atoms with van der Waals surface area (Å²) in [6, 6.07) is 20.1. The minimum Gasteiger partial charge on any atom is -0.244 e. The Labute approximate surface area is 155 Å². The number of fused-ring (bicyclic) bond motifs is 2. The van der Waals surface area contributed by atoms with E-state index in [0.29, 0.717) is 5.82 Å². The molecule has 0 fully saturated rings. The first-order valence-electron chi connectivity index (χ1n) is 7.62. The first-order chi connectivity index (χ1) is 12.3. The number of hydrogen-bond donors (Lipinski definition) is 0. The van der Waals surface area contributed by atoms with Gasteiger partial charge in [-0.1, -0.05) is 63.7 Å². The average Bonchev–Trinajstić information content (AvgIpc) is 3.22. The van der Waals surface area contributed by atoms with Gasteiger partial charge in [0.05, 0.1) is 5.52 Å². The predicted octanol–water partition coefficient (Wildman–Crippen LogP) is 4.83. The summed E-state index contributed by atoms with van der Waals surface area (Å²) in [4.78, 5) is 5.45. The third-order valence-electron chi connectivity index (χ3n) is 3.91. The molecule has 120 valence electrons. The van der Waals surface area contributed by atoms with Crippen LogP contribution in [0.25, 0.3) is 38.0 Å². The van der Waals surface area contributed by atoms with Crippen molar-refractivity contribution in [1.29, 1.82) is 0 Å². The maximum atomic E-state index is 4.70. The van der Waals surface area contributed by atoms with Crippen molar-refractivity contribution in [2.24, 2.45) is 0 Å². The topological polar surface area (TPSA) is 56.0 Å². The molecule has 0 aliphatic rings. The molecule has 3 aromatic heterocycles. The van der Waals surface area contributed by atoms with E-state index >= 15 is 0 Å². The standard InChI is InChI=1S/C18H10BrN5S/c19-13-8-5-12(6-9-13)17-23-24-16(21-22-18(24)25-17)15-10-7-11-3-1-2-4-14(11)20-15/h1-10H. The van der Waals surface area contributed by atoms with Gasteiger partial charge in [0.25, 0.3) is 0 Å². The van der Waals surface area contributed by atoms with Crippen LogP contribution >= 0.6 is 27.3 Å². The van der Waals surface area contributed by atoms with Gasteiger partial charge in [0.15, 0.2) is 0 Å². The van der Waals surface area contributed by atoms with Gasteiger partial charge < -0.3 is 0 Å². The zero-order chi connectivity index (χ0) is 16.8. The largest absolute Gasteiger partial charge is 0.244 e. The van der Waals surface area contributed by atoms with Crippen LogP contribution in [0.1, 0.15) is 0 Å². The van der Waals surface area contributed by atoms with E-state index in [9.17, 15) is 0 Å². The summed E-state index contributed by atoms with van der Waals surface area (Å²) in [5.41, 5.74) is 2.75. The summed E-state index contributed by atoms with van der Waals surface area (Å²) in [5, 5.41) is 15.2. The van der Waals surface area contributed by atoms with Crippen molar-refractivity contribution in [2.75, 3.05) is 0 Å². The highest BCUT2D eigenvalue weighted by molar-refractivity contribution is 9.10. The van der Waals surface area contributed by atoms with Gasteiger partial charge in [-0.05, 0) is 24.3 Å². The Morgan fingerprint density at radius 3 is 2.60 bits per heavy atom. The number of halogens is 1. The average molecular weight is 408 g/mol. The Bertz CT molecular complexity index is 1210. The van der Waals surface area contributed by atoms with Crippen LogP contribution in [0.5, 0.6) is 0 Å². The molecule has 0 saturated carbocycles. The second kappa shape index (κ2) is 5.72. The number of benzene rings is 2. The van der Waals surface area contributed by atoms with E-state index in [1.807, 2.05) is 60.7 Å². The molecule has 0 bridgehead atoms. The Morgan fingerprint density at radius 2 is 1.72 bits per heavy atom. The molecule has 0 radical (unpaired) electrons. The lowest BCUT2D eigenvalue weighted by Gasteiger charge is -2.00. The van der Waals surface area contributed by atoms with Crippen LogP contribution in [0.3, 0.4) is 0 Å². The van der Waals surface area contributed by atoms with Crippen LogP contribution < -0.4 is 0 Å². The third-order valence-corrected chi connectivity index (χ3v) is 5.39. The van der Waals surface area contributed by atoms with Crippen molar-refractivity contribution < 1.29 is 0 Å². The molecule has 25 heavy (non-hydrogen) atoms. The molecule has 0 unspecified atom stereocenters. The summed E-state index contributed by atoms with van der Waals surface area (Å²) < 4.78 is 2.80. The third kappa shape index (κ3) is 2.52. The van der Waals surface area contributed by atoms with Gasteiger partial charge in [0.1, 0.15) is 10.7 Å². The number of hydrogen-bond acceptors (Lipinski definition) is 5. The number of nitrogens with zero attached hydrogens (tertiary/aromatic N) is 5. The van der Waals surface area contributed by atoms with Crippen LogP contribution in [0.4, 0.5) is 0 Å². The summed E-state index contributed by atoms with van der Waals surface area (Å²) in [7, 11) is 0. The minimum atomic E-state index is 0.653. The summed E-state index contributed by atoms with van der Waals surface area (Å²) in [6.45, 7) is 0. The highest BCUT2D eigenvalue weighted by atomic mass is 79.9. The molecule has 3 heterocycles. The maximum Gasteiger partial charge on any atom is 0.235 e. The van der Waals surface area contributed by atoms with Crippen LogP contribution in [-0.4, -0.2) is 24.8 Å². The minimum absolute atomic E-state index is 0.653. The fourth-order valence-corrected chi connectivity index (χ4v) is 3.79. The molecule has 0 aliphatic heterocycles. The van der Waals surface area contributed by atoms with E-state index in [1.54, 1.807) is 4.52 Å². The fraction of sp³-hybridized carbons (Fsp3) is 0. The molecule has 0 amide bonds. The molecule has 0 N–H and O–H groups in total. The second-order valence-corrected chi connectivity index (χ2v) is 7.39. The molecule has 0 aliphatic carbocycles. The smallest absolute Gasteiger partial charge is 0.235 e. The van der Waals surface area contributed by atoms with Crippen LogP contribution in [0, 0.1) is 0 Å². The van der Waals surface area contributed by atoms with Gasteiger partial charge >= 0.3 is 0 Å². The Morgan fingerprint density at radius 1 is 0.880 bits per heavy atom.